The van der Waals surface area contributed by atoms with E-state index in [0.717, 1.165) is 13.0 Å². The molecule has 0 bridgehead atoms. The van der Waals surface area contributed by atoms with Gasteiger partial charge in [-0.2, -0.15) is 5.26 Å². The van der Waals surface area contributed by atoms with Gasteiger partial charge in [0.25, 0.3) is 0 Å². The van der Waals surface area contributed by atoms with Gasteiger partial charge in [0, 0.05) is 12.4 Å². The Kier molecular flexibility index (Phi) is 3.25. The Morgan fingerprint density at radius 3 is 2.94 bits per heavy atom. The van der Waals surface area contributed by atoms with Crippen LogP contribution in [0.4, 0.5) is 0 Å². The number of hydrogen-bond donors (Lipinski definition) is 1. The van der Waals surface area contributed by atoms with Crippen LogP contribution in [-0.4, -0.2) is 21.6 Å². The third kappa shape index (κ3) is 2.25. The first-order valence-electron chi connectivity index (χ1n) is 5.93. The predicted molar refractivity (Wildman–Crippen MR) is 61.6 cm³/mol. The minimum absolute atomic E-state index is 0.392. The van der Waals surface area contributed by atoms with Crippen molar-refractivity contribution in [3.05, 3.63) is 18.7 Å². The monoisotopic (exact) mass is 218 g/mol. The molecule has 1 aliphatic rings. The lowest BCUT2D eigenvalue weighted by molar-refractivity contribution is 0.318. The Morgan fingerprint density at radius 1 is 1.62 bits per heavy atom. The molecule has 1 aromatic heterocycles. The highest BCUT2D eigenvalue weighted by Gasteiger charge is 2.45. The summed E-state index contributed by atoms with van der Waals surface area (Å²) in [6, 6.07) is 2.49. The van der Waals surface area contributed by atoms with Crippen LogP contribution >= 0.6 is 0 Å². The molecule has 0 amide bonds. The Morgan fingerprint density at radius 2 is 2.44 bits per heavy atom. The number of imidazole rings is 1. The summed E-state index contributed by atoms with van der Waals surface area (Å²) in [6.07, 6.45) is 8.84. The van der Waals surface area contributed by atoms with E-state index in [1.54, 1.807) is 12.5 Å². The summed E-state index contributed by atoms with van der Waals surface area (Å²) in [5.74, 6) is 0.506. The molecular formula is C12H18N4. The van der Waals surface area contributed by atoms with Gasteiger partial charge in [0.05, 0.1) is 18.9 Å². The van der Waals surface area contributed by atoms with Crippen LogP contribution in [0.2, 0.25) is 0 Å². The molecule has 86 valence electrons. The fraction of sp³-hybridized carbons (Fsp3) is 0.667. The van der Waals surface area contributed by atoms with Gasteiger partial charge in [-0.05, 0) is 31.7 Å². The van der Waals surface area contributed by atoms with Crippen LogP contribution in [0.5, 0.6) is 0 Å². The van der Waals surface area contributed by atoms with Gasteiger partial charge in [0.15, 0.2) is 0 Å². The number of nitriles is 1. The number of nitrogens with zero attached hydrogens (tertiary/aromatic N) is 3. The number of hydrogen-bond acceptors (Lipinski definition) is 3. The van der Waals surface area contributed by atoms with Crippen molar-refractivity contribution in [3.8, 4) is 6.07 Å². The van der Waals surface area contributed by atoms with Crippen molar-refractivity contribution < 1.29 is 0 Å². The summed E-state index contributed by atoms with van der Waals surface area (Å²) >= 11 is 0. The zero-order valence-corrected chi connectivity index (χ0v) is 9.69. The highest BCUT2D eigenvalue weighted by molar-refractivity contribution is 5.15. The molecule has 1 aromatic rings. The van der Waals surface area contributed by atoms with E-state index in [0.29, 0.717) is 12.5 Å². The molecule has 1 atom stereocenters. The van der Waals surface area contributed by atoms with E-state index in [2.05, 4.69) is 23.3 Å². The average molecular weight is 218 g/mol. The molecule has 1 N–H and O–H groups in total. The molecule has 1 heterocycles. The summed E-state index contributed by atoms with van der Waals surface area (Å²) < 4.78 is 1.99. The van der Waals surface area contributed by atoms with Gasteiger partial charge in [-0.15, -0.1) is 0 Å². The number of rotatable bonds is 6. The van der Waals surface area contributed by atoms with Gasteiger partial charge in [0.1, 0.15) is 5.54 Å². The SMILES string of the molecule is CCCNC(C#N)(Cn1ccnc1)C1CC1. The predicted octanol–water partition coefficient (Wildman–Crippen LogP) is 1.56. The Balaban J connectivity index is 2.10. The second-order valence-electron chi connectivity index (χ2n) is 4.52. The van der Waals surface area contributed by atoms with Gasteiger partial charge in [0.2, 0.25) is 0 Å². The zero-order valence-electron chi connectivity index (χ0n) is 9.69. The lowest BCUT2D eigenvalue weighted by Gasteiger charge is -2.28. The molecule has 1 unspecified atom stereocenters. The second-order valence-corrected chi connectivity index (χ2v) is 4.52. The lowest BCUT2D eigenvalue weighted by Crippen LogP contribution is -2.49. The van der Waals surface area contributed by atoms with E-state index in [4.69, 9.17) is 0 Å². The van der Waals surface area contributed by atoms with Gasteiger partial charge < -0.3 is 4.57 Å². The molecule has 4 nitrogen and oxygen atoms in total. The largest absolute Gasteiger partial charge is 0.335 e. The second kappa shape index (κ2) is 4.67. The van der Waals surface area contributed by atoms with E-state index < -0.39 is 5.54 Å². The van der Waals surface area contributed by atoms with E-state index in [1.807, 2.05) is 10.8 Å². The van der Waals surface area contributed by atoms with Gasteiger partial charge in [-0.1, -0.05) is 6.92 Å². The Labute approximate surface area is 96.3 Å². The topological polar surface area (TPSA) is 53.6 Å². The quantitative estimate of drug-likeness (QED) is 0.788. The fourth-order valence-electron chi connectivity index (χ4n) is 2.09. The van der Waals surface area contributed by atoms with Gasteiger partial charge in [-0.3, -0.25) is 5.32 Å². The van der Waals surface area contributed by atoms with E-state index in [-0.39, 0.29) is 0 Å². The first-order valence-corrected chi connectivity index (χ1v) is 5.93. The molecule has 1 aliphatic carbocycles. The molecule has 0 saturated heterocycles. The number of nitrogens with one attached hydrogen (secondary N) is 1. The zero-order chi connectivity index (χ0) is 11.4. The minimum Gasteiger partial charge on any atom is -0.335 e. The molecule has 2 rings (SSSR count). The summed E-state index contributed by atoms with van der Waals surface area (Å²) in [4.78, 5) is 4.03. The maximum absolute atomic E-state index is 9.47. The van der Waals surface area contributed by atoms with Crippen molar-refractivity contribution in [1.29, 1.82) is 5.26 Å². The van der Waals surface area contributed by atoms with Crippen LogP contribution in [0.15, 0.2) is 18.7 Å². The van der Waals surface area contributed by atoms with Crippen LogP contribution < -0.4 is 5.32 Å². The van der Waals surface area contributed by atoms with E-state index in [9.17, 15) is 5.26 Å². The van der Waals surface area contributed by atoms with Crippen molar-refractivity contribution in [2.24, 2.45) is 5.92 Å². The van der Waals surface area contributed by atoms with Crippen LogP contribution in [0, 0.1) is 17.2 Å². The Bertz CT molecular complexity index is 361. The molecular weight excluding hydrogens is 200 g/mol. The maximum atomic E-state index is 9.47. The van der Waals surface area contributed by atoms with Crippen molar-refractivity contribution >= 4 is 0 Å². The van der Waals surface area contributed by atoms with Crippen molar-refractivity contribution in [2.45, 2.75) is 38.3 Å². The van der Waals surface area contributed by atoms with Gasteiger partial charge in [-0.25, -0.2) is 4.98 Å². The standard InChI is InChI=1S/C12H18N4/c1-2-5-15-12(8-13,11-3-4-11)9-16-7-6-14-10-16/h6-7,10-11,15H,2-5,9H2,1H3. The Hall–Kier alpha value is -1.34. The summed E-state index contributed by atoms with van der Waals surface area (Å²) in [6.45, 7) is 3.73. The first-order chi connectivity index (χ1) is 7.80. The van der Waals surface area contributed by atoms with Gasteiger partial charge >= 0.3 is 0 Å². The highest BCUT2D eigenvalue weighted by atomic mass is 15.1. The molecule has 16 heavy (non-hydrogen) atoms. The van der Waals surface area contributed by atoms with E-state index >= 15 is 0 Å². The molecule has 1 fully saturated rings. The average Bonchev–Trinajstić information content (AvgIpc) is 3.05. The summed E-state index contributed by atoms with van der Waals surface area (Å²) in [5.41, 5.74) is -0.392. The van der Waals surface area contributed by atoms with Crippen LogP contribution in [0.1, 0.15) is 26.2 Å². The van der Waals surface area contributed by atoms with Crippen molar-refractivity contribution in [1.82, 2.24) is 14.9 Å². The molecule has 0 radical (unpaired) electrons. The molecule has 0 spiro atoms. The number of aromatic nitrogens is 2. The molecule has 0 aromatic carbocycles. The maximum Gasteiger partial charge on any atom is 0.127 e. The van der Waals surface area contributed by atoms with Crippen LogP contribution in [-0.2, 0) is 6.54 Å². The lowest BCUT2D eigenvalue weighted by atomic mass is 9.94. The highest BCUT2D eigenvalue weighted by Crippen LogP contribution is 2.40. The van der Waals surface area contributed by atoms with Crippen molar-refractivity contribution in [3.63, 3.8) is 0 Å². The third-order valence-electron chi connectivity index (χ3n) is 3.16. The van der Waals surface area contributed by atoms with E-state index in [1.165, 1.54) is 12.8 Å². The smallest absolute Gasteiger partial charge is 0.127 e. The van der Waals surface area contributed by atoms with Crippen LogP contribution in [0.3, 0.4) is 0 Å². The molecule has 0 aliphatic heterocycles. The molecule has 4 heteroatoms. The third-order valence-corrected chi connectivity index (χ3v) is 3.16. The fourth-order valence-corrected chi connectivity index (χ4v) is 2.09. The van der Waals surface area contributed by atoms with Crippen molar-refractivity contribution in [2.75, 3.05) is 6.54 Å². The summed E-state index contributed by atoms with van der Waals surface area (Å²) in [7, 11) is 0. The minimum atomic E-state index is -0.392. The first kappa shape index (κ1) is 11.2. The summed E-state index contributed by atoms with van der Waals surface area (Å²) in [5, 5.41) is 12.9. The normalized spacial score (nSPS) is 19.0. The molecule has 1 saturated carbocycles. The van der Waals surface area contributed by atoms with Crippen LogP contribution in [0.25, 0.3) is 0 Å².